The fraction of sp³-hybridized carbons (Fsp3) is 0.263. The normalized spacial score (nSPS) is 10.7. The van der Waals surface area contributed by atoms with E-state index in [1.165, 1.54) is 34.2 Å². The Balaban J connectivity index is 1.50. The van der Waals surface area contributed by atoms with Crippen LogP contribution < -0.4 is 5.32 Å². The lowest BCUT2D eigenvalue weighted by molar-refractivity contribution is -0.122. The first-order chi connectivity index (χ1) is 13.9. The van der Waals surface area contributed by atoms with Gasteiger partial charge in [0.1, 0.15) is 17.3 Å². The predicted octanol–water partition coefficient (Wildman–Crippen LogP) is 3.12. The van der Waals surface area contributed by atoms with E-state index in [0.29, 0.717) is 16.4 Å². The molecule has 0 bridgehead atoms. The largest absolute Gasteiger partial charge is 0.326 e. The third-order valence-electron chi connectivity index (χ3n) is 4.14. The van der Waals surface area contributed by atoms with E-state index in [1.54, 1.807) is 24.4 Å². The summed E-state index contributed by atoms with van der Waals surface area (Å²) in [6.07, 6.45) is 0.239. The third-order valence-corrected chi connectivity index (χ3v) is 5.05. The molecule has 8 nitrogen and oxygen atoms in total. The molecule has 2 aromatic heterocycles. The monoisotopic (exact) mass is 415 g/mol. The summed E-state index contributed by atoms with van der Waals surface area (Å²) in [6, 6.07) is 7.54. The van der Waals surface area contributed by atoms with Crippen molar-refractivity contribution < 1.29 is 18.8 Å². The number of carbonyl (C=O) groups is 3. The quantitative estimate of drug-likeness (QED) is 0.538. The number of anilines is 1. The van der Waals surface area contributed by atoms with Crippen LogP contribution in [0.5, 0.6) is 0 Å². The van der Waals surface area contributed by atoms with E-state index in [4.69, 9.17) is 0 Å². The van der Waals surface area contributed by atoms with Gasteiger partial charge >= 0.3 is 0 Å². The molecule has 1 amide bonds. The van der Waals surface area contributed by atoms with Gasteiger partial charge in [0.05, 0.1) is 4.88 Å². The average Bonchev–Trinajstić information content (AvgIpc) is 3.38. The van der Waals surface area contributed by atoms with Crippen molar-refractivity contribution >= 4 is 34.5 Å². The van der Waals surface area contributed by atoms with Gasteiger partial charge in [0.25, 0.3) is 0 Å². The van der Waals surface area contributed by atoms with Crippen molar-refractivity contribution in [1.82, 2.24) is 20.2 Å². The number of aryl methyl sites for hydroxylation is 1. The summed E-state index contributed by atoms with van der Waals surface area (Å²) >= 11 is 1.34. The van der Waals surface area contributed by atoms with E-state index in [0.717, 1.165) is 0 Å². The smallest absolute Gasteiger partial charge is 0.224 e. The Morgan fingerprint density at radius 2 is 1.93 bits per heavy atom. The maximum absolute atomic E-state index is 14.1. The summed E-state index contributed by atoms with van der Waals surface area (Å²) in [5, 5.41) is 15.3. The Morgan fingerprint density at radius 1 is 1.14 bits per heavy atom. The molecule has 10 heteroatoms. The Bertz CT molecular complexity index is 1030. The van der Waals surface area contributed by atoms with Gasteiger partial charge in [0.15, 0.2) is 11.6 Å². The number of hydrogen-bond donors (Lipinski definition) is 1. The third kappa shape index (κ3) is 5.38. The molecule has 0 aliphatic rings. The molecular weight excluding hydrogens is 397 g/mol. The molecule has 0 aliphatic carbocycles. The summed E-state index contributed by atoms with van der Waals surface area (Å²) in [4.78, 5) is 36.6. The van der Waals surface area contributed by atoms with Crippen LogP contribution in [0.1, 0.15) is 41.2 Å². The molecule has 0 atom stereocenters. The average molecular weight is 415 g/mol. The van der Waals surface area contributed by atoms with Crippen LogP contribution in [0.3, 0.4) is 0 Å². The lowest BCUT2D eigenvalue weighted by atomic mass is 10.1. The summed E-state index contributed by atoms with van der Waals surface area (Å²) in [7, 11) is 0. The highest BCUT2D eigenvalue weighted by Gasteiger charge is 2.14. The Hall–Kier alpha value is -3.27. The van der Waals surface area contributed by atoms with Gasteiger partial charge in [0.2, 0.25) is 5.91 Å². The second-order valence-electron chi connectivity index (χ2n) is 6.29. The molecule has 0 saturated carbocycles. The SMILES string of the molecule is Cc1nnnn1-c1cc(NC(=O)CCC(=O)CCC(=O)c2cccs2)ccc1F. The van der Waals surface area contributed by atoms with Crippen molar-refractivity contribution in [3.05, 3.63) is 52.2 Å². The number of halogens is 1. The fourth-order valence-electron chi connectivity index (χ4n) is 2.62. The highest BCUT2D eigenvalue weighted by atomic mass is 32.1. The van der Waals surface area contributed by atoms with Gasteiger partial charge in [0, 0.05) is 31.4 Å². The summed E-state index contributed by atoms with van der Waals surface area (Å²) in [5.41, 5.74) is 0.468. The van der Waals surface area contributed by atoms with Gasteiger partial charge in [-0.25, -0.2) is 4.39 Å². The van der Waals surface area contributed by atoms with Crippen LogP contribution >= 0.6 is 11.3 Å². The van der Waals surface area contributed by atoms with Gasteiger partial charge in [-0.05, 0) is 47.0 Å². The van der Waals surface area contributed by atoms with Crippen LogP contribution in [0.2, 0.25) is 0 Å². The van der Waals surface area contributed by atoms with Crippen LogP contribution in [-0.2, 0) is 9.59 Å². The number of nitrogens with one attached hydrogen (secondary N) is 1. The van der Waals surface area contributed by atoms with E-state index < -0.39 is 5.82 Å². The van der Waals surface area contributed by atoms with Crippen molar-refractivity contribution in [2.24, 2.45) is 0 Å². The first-order valence-electron chi connectivity index (χ1n) is 8.87. The molecule has 0 fully saturated rings. The van der Waals surface area contributed by atoms with E-state index >= 15 is 0 Å². The maximum Gasteiger partial charge on any atom is 0.224 e. The minimum absolute atomic E-state index is 0.0252. The maximum atomic E-state index is 14.1. The van der Waals surface area contributed by atoms with E-state index in [9.17, 15) is 18.8 Å². The first kappa shape index (κ1) is 20.5. The summed E-state index contributed by atoms with van der Waals surface area (Å²) < 4.78 is 15.3. The van der Waals surface area contributed by atoms with Gasteiger partial charge in [-0.2, -0.15) is 4.68 Å². The molecule has 1 N–H and O–H groups in total. The minimum atomic E-state index is -0.538. The molecule has 29 heavy (non-hydrogen) atoms. The number of tetrazole rings is 1. The molecule has 1 aromatic carbocycles. The number of carbonyl (C=O) groups excluding carboxylic acids is 3. The van der Waals surface area contributed by atoms with E-state index in [1.807, 2.05) is 0 Å². The Morgan fingerprint density at radius 3 is 2.62 bits per heavy atom. The van der Waals surface area contributed by atoms with E-state index in [-0.39, 0.29) is 48.8 Å². The number of aromatic nitrogens is 4. The van der Waals surface area contributed by atoms with Gasteiger partial charge < -0.3 is 5.32 Å². The first-order valence-corrected chi connectivity index (χ1v) is 9.75. The second-order valence-corrected chi connectivity index (χ2v) is 7.24. The van der Waals surface area contributed by atoms with Crippen LogP contribution in [0.4, 0.5) is 10.1 Å². The summed E-state index contributed by atoms with van der Waals surface area (Å²) in [5.74, 6) is -0.753. The molecule has 0 aliphatic heterocycles. The zero-order chi connectivity index (χ0) is 20.8. The number of amides is 1. The predicted molar refractivity (Wildman–Crippen MR) is 105 cm³/mol. The van der Waals surface area contributed by atoms with Crippen LogP contribution in [0, 0.1) is 12.7 Å². The molecular formula is C19H18FN5O3S. The molecule has 3 aromatic rings. The van der Waals surface area contributed by atoms with Crippen molar-refractivity contribution in [3.8, 4) is 5.69 Å². The van der Waals surface area contributed by atoms with Gasteiger partial charge in [-0.15, -0.1) is 16.4 Å². The molecule has 2 heterocycles. The molecule has 0 unspecified atom stereocenters. The Labute approximate surface area is 169 Å². The Kier molecular flexibility index (Phi) is 6.55. The molecule has 0 radical (unpaired) electrons. The lowest BCUT2D eigenvalue weighted by Crippen LogP contribution is -2.14. The number of rotatable bonds is 9. The zero-order valence-electron chi connectivity index (χ0n) is 15.6. The summed E-state index contributed by atoms with van der Waals surface area (Å²) in [6.45, 7) is 1.62. The van der Waals surface area contributed by atoms with Crippen LogP contribution in [-0.4, -0.2) is 37.7 Å². The zero-order valence-corrected chi connectivity index (χ0v) is 16.4. The van der Waals surface area contributed by atoms with Crippen molar-refractivity contribution in [2.75, 3.05) is 5.32 Å². The molecule has 0 spiro atoms. The second kappa shape index (κ2) is 9.28. The minimum Gasteiger partial charge on any atom is -0.326 e. The highest BCUT2D eigenvalue weighted by molar-refractivity contribution is 7.12. The number of nitrogens with zero attached hydrogens (tertiary/aromatic N) is 4. The number of hydrogen-bond acceptors (Lipinski definition) is 7. The van der Waals surface area contributed by atoms with Crippen LogP contribution in [0.25, 0.3) is 5.69 Å². The number of ketones is 2. The molecule has 0 saturated heterocycles. The van der Waals surface area contributed by atoms with E-state index in [2.05, 4.69) is 20.8 Å². The highest BCUT2D eigenvalue weighted by Crippen LogP contribution is 2.19. The van der Waals surface area contributed by atoms with Crippen molar-refractivity contribution in [2.45, 2.75) is 32.6 Å². The fourth-order valence-corrected chi connectivity index (χ4v) is 3.32. The number of thiophene rings is 1. The lowest BCUT2D eigenvalue weighted by Gasteiger charge is -2.09. The van der Waals surface area contributed by atoms with Crippen molar-refractivity contribution in [3.63, 3.8) is 0 Å². The molecule has 150 valence electrons. The van der Waals surface area contributed by atoms with Gasteiger partial charge in [-0.3, -0.25) is 14.4 Å². The molecule has 3 rings (SSSR count). The van der Waals surface area contributed by atoms with Gasteiger partial charge in [-0.1, -0.05) is 6.07 Å². The van der Waals surface area contributed by atoms with Crippen LogP contribution in [0.15, 0.2) is 35.7 Å². The standard InChI is InChI=1S/C19H18FN5O3S/c1-12-22-23-24-25(12)16-11-13(4-7-15(16)20)21-19(28)9-6-14(26)5-8-17(27)18-3-2-10-29-18/h2-4,7,10-11H,5-6,8-9H2,1H3,(H,21,28). The van der Waals surface area contributed by atoms with Crippen molar-refractivity contribution in [1.29, 1.82) is 0 Å². The number of benzene rings is 1. The number of Topliss-reactive ketones (excluding diaryl/α,β-unsaturated/α-hetero) is 2. The topological polar surface area (TPSA) is 107 Å².